The van der Waals surface area contributed by atoms with Crippen molar-refractivity contribution in [2.24, 2.45) is 13.0 Å². The number of carbonyl (C=O) groups excluding carboxylic acids is 1. The van der Waals surface area contributed by atoms with Crippen LogP contribution in [0.4, 0.5) is 17.6 Å². The number of rotatable bonds is 8. The predicted molar refractivity (Wildman–Crippen MR) is 142 cm³/mol. The molecule has 2 aromatic heterocycles. The summed E-state index contributed by atoms with van der Waals surface area (Å²) in [6.07, 6.45) is 6.28. The molecule has 1 atom stereocenters. The van der Waals surface area contributed by atoms with E-state index in [4.69, 9.17) is 5.41 Å². The number of hydrogen-bond donors (Lipinski definition) is 2. The lowest BCUT2D eigenvalue weighted by Gasteiger charge is -2.21. The molecule has 1 fully saturated rings. The summed E-state index contributed by atoms with van der Waals surface area (Å²) in [6, 6.07) is 9.74. The fourth-order valence-electron chi connectivity index (χ4n) is 4.94. The van der Waals surface area contributed by atoms with Crippen molar-refractivity contribution >= 4 is 5.91 Å². The first-order valence-electron chi connectivity index (χ1n) is 12.9. The standard InChI is InChI=1S/C30H29F4N5O/c1-17-13-20(8-9-24(17)31)26(19-6-7-19)37-28(40)23-15-18(16-39-12-11-38(3)29(39)35)14-22(25(23)32)21-5-4-10-36-27(21)30(2,33)34/h4-5,8-15,19,26,35H,6-7,16H2,1-3H3,(H,37,40). The van der Waals surface area contributed by atoms with Crippen LogP contribution in [0.2, 0.25) is 0 Å². The smallest absolute Gasteiger partial charge is 0.287 e. The van der Waals surface area contributed by atoms with Crippen molar-refractivity contribution in [3.63, 3.8) is 0 Å². The monoisotopic (exact) mass is 551 g/mol. The molecule has 40 heavy (non-hydrogen) atoms. The Labute approximate surface area is 228 Å². The average Bonchev–Trinajstić information content (AvgIpc) is 3.71. The van der Waals surface area contributed by atoms with Crippen molar-refractivity contribution in [1.82, 2.24) is 19.4 Å². The quantitative estimate of drug-likeness (QED) is 0.264. The van der Waals surface area contributed by atoms with Gasteiger partial charge in [-0.05, 0) is 66.6 Å². The van der Waals surface area contributed by atoms with Crippen LogP contribution in [0.3, 0.4) is 0 Å². The molecule has 1 aliphatic rings. The second kappa shape index (κ2) is 10.4. The van der Waals surface area contributed by atoms with Gasteiger partial charge in [0.2, 0.25) is 5.62 Å². The fourth-order valence-corrected chi connectivity index (χ4v) is 4.94. The third kappa shape index (κ3) is 5.43. The van der Waals surface area contributed by atoms with Gasteiger partial charge in [-0.2, -0.15) is 8.78 Å². The molecule has 5 rings (SSSR count). The highest BCUT2D eigenvalue weighted by atomic mass is 19.3. The highest BCUT2D eigenvalue weighted by Crippen LogP contribution is 2.42. The van der Waals surface area contributed by atoms with E-state index >= 15 is 4.39 Å². The van der Waals surface area contributed by atoms with Gasteiger partial charge in [0, 0.05) is 43.7 Å². The van der Waals surface area contributed by atoms with Crippen LogP contribution in [-0.4, -0.2) is 20.0 Å². The van der Waals surface area contributed by atoms with Crippen molar-refractivity contribution in [3.8, 4) is 11.1 Å². The van der Waals surface area contributed by atoms with Crippen molar-refractivity contribution in [2.45, 2.75) is 45.2 Å². The minimum atomic E-state index is -3.36. The van der Waals surface area contributed by atoms with Gasteiger partial charge in [0.1, 0.15) is 17.3 Å². The number of nitrogens with one attached hydrogen (secondary N) is 2. The van der Waals surface area contributed by atoms with Crippen LogP contribution in [-0.2, 0) is 19.5 Å². The SMILES string of the molecule is Cc1cc(C(NC(=O)c2cc(Cn3ccn(C)c3=N)cc(-c3cccnc3C(C)(F)F)c2F)C2CC2)ccc1F. The number of halogens is 4. The number of aryl methyl sites for hydroxylation is 2. The summed E-state index contributed by atoms with van der Waals surface area (Å²) in [4.78, 5) is 17.5. The zero-order chi connectivity index (χ0) is 28.8. The van der Waals surface area contributed by atoms with E-state index in [1.54, 1.807) is 47.6 Å². The Morgan fingerprint density at radius 2 is 1.90 bits per heavy atom. The highest BCUT2D eigenvalue weighted by molar-refractivity contribution is 5.96. The number of amides is 1. The molecule has 1 unspecified atom stereocenters. The number of aromatic nitrogens is 3. The topological polar surface area (TPSA) is 75.7 Å². The molecule has 6 nitrogen and oxygen atoms in total. The number of pyridine rings is 1. The van der Waals surface area contributed by atoms with Gasteiger partial charge < -0.3 is 14.5 Å². The molecule has 2 aromatic carbocycles. The number of nitrogens with zero attached hydrogens (tertiary/aromatic N) is 3. The summed E-state index contributed by atoms with van der Waals surface area (Å²) < 4.78 is 62.2. The zero-order valence-electron chi connectivity index (χ0n) is 22.3. The lowest BCUT2D eigenvalue weighted by molar-refractivity contribution is 0.0134. The molecule has 2 heterocycles. The largest absolute Gasteiger partial charge is 0.345 e. The van der Waals surface area contributed by atoms with Crippen molar-refractivity contribution < 1.29 is 22.4 Å². The maximum atomic E-state index is 16.1. The molecule has 208 valence electrons. The minimum absolute atomic E-state index is 0.106. The number of hydrogen-bond acceptors (Lipinski definition) is 3. The van der Waals surface area contributed by atoms with Gasteiger partial charge in [0.25, 0.3) is 11.8 Å². The molecule has 1 saturated carbocycles. The molecular weight excluding hydrogens is 522 g/mol. The number of carbonyl (C=O) groups is 1. The molecule has 0 spiro atoms. The van der Waals surface area contributed by atoms with E-state index in [1.807, 2.05) is 0 Å². The lowest BCUT2D eigenvalue weighted by atomic mass is 9.94. The van der Waals surface area contributed by atoms with E-state index < -0.39 is 29.4 Å². The molecule has 10 heteroatoms. The van der Waals surface area contributed by atoms with Crippen LogP contribution in [0.25, 0.3) is 11.1 Å². The third-order valence-electron chi connectivity index (χ3n) is 7.24. The number of benzene rings is 2. The van der Waals surface area contributed by atoms with Crippen molar-refractivity contribution in [2.75, 3.05) is 0 Å². The third-order valence-corrected chi connectivity index (χ3v) is 7.24. The Kier molecular flexibility index (Phi) is 7.12. The van der Waals surface area contributed by atoms with Crippen molar-refractivity contribution in [1.29, 1.82) is 5.41 Å². The minimum Gasteiger partial charge on any atom is -0.345 e. The summed E-state index contributed by atoms with van der Waals surface area (Å²) in [5, 5.41) is 11.2. The molecule has 0 radical (unpaired) electrons. The highest BCUT2D eigenvalue weighted by Gasteiger charge is 2.35. The first-order valence-corrected chi connectivity index (χ1v) is 12.9. The molecule has 2 N–H and O–H groups in total. The Hall–Kier alpha value is -4.21. The van der Waals surface area contributed by atoms with Gasteiger partial charge in [0.15, 0.2) is 0 Å². The molecule has 4 aromatic rings. The maximum absolute atomic E-state index is 16.1. The Morgan fingerprint density at radius 1 is 1.15 bits per heavy atom. The van der Waals surface area contributed by atoms with Gasteiger partial charge in [0.05, 0.1) is 18.2 Å². The summed E-state index contributed by atoms with van der Waals surface area (Å²) in [7, 11) is 1.70. The Morgan fingerprint density at radius 3 is 2.52 bits per heavy atom. The van der Waals surface area contributed by atoms with Crippen LogP contribution in [0, 0.1) is 29.9 Å². The Bertz CT molecular complexity index is 1650. The normalized spacial score (nSPS) is 14.3. The van der Waals surface area contributed by atoms with E-state index in [9.17, 15) is 18.0 Å². The summed E-state index contributed by atoms with van der Waals surface area (Å²) >= 11 is 0. The van der Waals surface area contributed by atoms with Crippen molar-refractivity contribution in [3.05, 3.63) is 106 Å². The lowest BCUT2D eigenvalue weighted by Crippen LogP contribution is -2.31. The molecule has 0 aliphatic heterocycles. The Balaban J connectivity index is 1.60. The van der Waals surface area contributed by atoms with Gasteiger partial charge in [-0.3, -0.25) is 15.2 Å². The van der Waals surface area contributed by atoms with E-state index in [1.165, 1.54) is 36.5 Å². The first kappa shape index (κ1) is 27.4. The second-order valence-corrected chi connectivity index (χ2v) is 10.5. The van der Waals surface area contributed by atoms with E-state index in [2.05, 4.69) is 10.3 Å². The molecule has 0 bridgehead atoms. The van der Waals surface area contributed by atoms with Crippen LogP contribution in [0.15, 0.2) is 61.1 Å². The van der Waals surface area contributed by atoms with E-state index in [0.29, 0.717) is 23.6 Å². The van der Waals surface area contributed by atoms with Crippen LogP contribution in [0.5, 0.6) is 0 Å². The van der Waals surface area contributed by atoms with E-state index in [-0.39, 0.29) is 40.6 Å². The molecular formula is C30H29F4N5O. The predicted octanol–water partition coefficient (Wildman–Crippen LogP) is 6.00. The van der Waals surface area contributed by atoms with Gasteiger partial charge in [-0.15, -0.1) is 0 Å². The van der Waals surface area contributed by atoms with Gasteiger partial charge >= 0.3 is 0 Å². The summed E-state index contributed by atoms with van der Waals surface area (Å²) in [6.45, 7) is 2.43. The average molecular weight is 552 g/mol. The van der Waals surface area contributed by atoms with E-state index in [0.717, 1.165) is 12.8 Å². The van der Waals surface area contributed by atoms with Gasteiger partial charge in [-0.25, -0.2) is 8.78 Å². The fraction of sp³-hybridized carbons (Fsp3) is 0.300. The first-order chi connectivity index (χ1) is 18.9. The van der Waals surface area contributed by atoms with Crippen LogP contribution in [0.1, 0.15) is 58.5 Å². The number of imidazole rings is 1. The van der Waals surface area contributed by atoms with Gasteiger partial charge in [-0.1, -0.05) is 18.2 Å². The maximum Gasteiger partial charge on any atom is 0.287 e. The number of alkyl halides is 2. The second-order valence-electron chi connectivity index (χ2n) is 10.5. The van der Waals surface area contributed by atoms with Crippen LogP contribution >= 0.6 is 0 Å². The van der Waals surface area contributed by atoms with Crippen LogP contribution < -0.4 is 10.9 Å². The molecule has 1 amide bonds. The summed E-state index contributed by atoms with van der Waals surface area (Å²) in [5.74, 6) is -5.26. The molecule has 0 saturated heterocycles. The zero-order valence-corrected chi connectivity index (χ0v) is 22.3. The molecule has 1 aliphatic carbocycles. The summed E-state index contributed by atoms with van der Waals surface area (Å²) in [5.41, 5.74) is 0.531.